The van der Waals surface area contributed by atoms with Crippen LogP contribution in [0.5, 0.6) is 0 Å². The topological polar surface area (TPSA) is 41.6 Å². The van der Waals surface area contributed by atoms with E-state index < -0.39 is 0 Å². The van der Waals surface area contributed by atoms with Crippen molar-refractivity contribution < 1.29 is 0 Å². The standard InChI is InChI=1S/C17H18BrN3/c1-11-6-7-15(12(2)8-11)16-10-20-17(19)21(16)14-5-3-4-13(18)9-14/h3-9,16H,10H2,1-2H3,(H2,19,20). The van der Waals surface area contributed by atoms with Gasteiger partial charge < -0.3 is 10.6 Å². The number of hydrogen-bond donors (Lipinski definition) is 1. The molecule has 0 aliphatic carbocycles. The summed E-state index contributed by atoms with van der Waals surface area (Å²) in [5.74, 6) is 0.582. The van der Waals surface area contributed by atoms with E-state index in [0.29, 0.717) is 12.5 Å². The molecule has 0 radical (unpaired) electrons. The molecule has 4 heteroatoms. The van der Waals surface area contributed by atoms with Crippen LogP contribution < -0.4 is 10.6 Å². The predicted molar refractivity (Wildman–Crippen MR) is 91.8 cm³/mol. The van der Waals surface area contributed by atoms with Crippen molar-refractivity contribution in [2.24, 2.45) is 10.7 Å². The van der Waals surface area contributed by atoms with Gasteiger partial charge in [-0.05, 0) is 43.2 Å². The molecule has 1 aliphatic rings. The van der Waals surface area contributed by atoms with Crippen LogP contribution in [0.2, 0.25) is 0 Å². The smallest absolute Gasteiger partial charge is 0.196 e. The van der Waals surface area contributed by atoms with Crippen molar-refractivity contribution in [3.05, 3.63) is 63.6 Å². The van der Waals surface area contributed by atoms with E-state index in [1.54, 1.807) is 0 Å². The third-order valence-electron chi connectivity index (χ3n) is 3.86. The van der Waals surface area contributed by atoms with Gasteiger partial charge in [0.25, 0.3) is 0 Å². The first kappa shape index (κ1) is 14.1. The third-order valence-corrected chi connectivity index (χ3v) is 4.35. The number of hydrogen-bond acceptors (Lipinski definition) is 3. The summed E-state index contributed by atoms with van der Waals surface area (Å²) >= 11 is 3.52. The van der Waals surface area contributed by atoms with Gasteiger partial charge in [0.15, 0.2) is 5.96 Å². The van der Waals surface area contributed by atoms with E-state index in [1.807, 2.05) is 12.1 Å². The number of aryl methyl sites for hydroxylation is 2. The lowest BCUT2D eigenvalue weighted by molar-refractivity contribution is 0.762. The molecule has 0 fully saturated rings. The predicted octanol–water partition coefficient (Wildman–Crippen LogP) is 3.94. The van der Waals surface area contributed by atoms with Crippen molar-refractivity contribution in [2.75, 3.05) is 11.4 Å². The fourth-order valence-corrected chi connectivity index (χ4v) is 3.26. The second-order valence-electron chi connectivity index (χ2n) is 5.42. The van der Waals surface area contributed by atoms with Crippen LogP contribution in [0.3, 0.4) is 0 Å². The number of halogens is 1. The first-order valence-electron chi connectivity index (χ1n) is 6.98. The molecule has 1 heterocycles. The Hall–Kier alpha value is -1.81. The highest BCUT2D eigenvalue weighted by Crippen LogP contribution is 2.33. The summed E-state index contributed by atoms with van der Waals surface area (Å²) in [6.45, 7) is 4.96. The Kier molecular flexibility index (Phi) is 3.72. The zero-order valence-corrected chi connectivity index (χ0v) is 13.8. The summed E-state index contributed by atoms with van der Waals surface area (Å²) in [4.78, 5) is 6.56. The van der Waals surface area contributed by atoms with Crippen molar-refractivity contribution in [2.45, 2.75) is 19.9 Å². The Morgan fingerprint density at radius 3 is 2.71 bits per heavy atom. The molecule has 21 heavy (non-hydrogen) atoms. The minimum absolute atomic E-state index is 0.167. The van der Waals surface area contributed by atoms with E-state index >= 15 is 0 Å². The SMILES string of the molecule is Cc1ccc(C2CN=C(N)N2c2cccc(Br)c2)c(C)c1. The average molecular weight is 344 g/mol. The zero-order chi connectivity index (χ0) is 15.0. The Balaban J connectivity index is 2.03. The summed E-state index contributed by atoms with van der Waals surface area (Å²) in [6.07, 6.45) is 0. The van der Waals surface area contributed by atoms with Crippen LogP contribution in [0.4, 0.5) is 5.69 Å². The molecular formula is C17H18BrN3. The molecular weight excluding hydrogens is 326 g/mol. The van der Waals surface area contributed by atoms with Gasteiger partial charge in [0, 0.05) is 10.2 Å². The minimum atomic E-state index is 0.167. The van der Waals surface area contributed by atoms with Crippen molar-refractivity contribution >= 4 is 27.6 Å². The fourth-order valence-electron chi connectivity index (χ4n) is 2.87. The Bertz CT molecular complexity index is 709. The molecule has 2 N–H and O–H groups in total. The van der Waals surface area contributed by atoms with Crippen LogP contribution in [0.15, 0.2) is 51.9 Å². The Morgan fingerprint density at radius 1 is 1.19 bits per heavy atom. The van der Waals surface area contributed by atoms with E-state index in [1.165, 1.54) is 16.7 Å². The van der Waals surface area contributed by atoms with Gasteiger partial charge in [-0.15, -0.1) is 0 Å². The maximum atomic E-state index is 6.13. The van der Waals surface area contributed by atoms with E-state index in [0.717, 1.165) is 10.2 Å². The summed E-state index contributed by atoms with van der Waals surface area (Å²) in [7, 11) is 0. The maximum Gasteiger partial charge on any atom is 0.196 e. The highest BCUT2D eigenvalue weighted by atomic mass is 79.9. The molecule has 2 aromatic rings. The highest BCUT2D eigenvalue weighted by molar-refractivity contribution is 9.10. The molecule has 1 unspecified atom stereocenters. The normalized spacial score (nSPS) is 18.0. The van der Waals surface area contributed by atoms with Gasteiger partial charge in [-0.2, -0.15) is 0 Å². The summed E-state index contributed by atoms with van der Waals surface area (Å²) in [6, 6.07) is 14.9. The van der Waals surface area contributed by atoms with Crippen LogP contribution in [-0.4, -0.2) is 12.5 Å². The van der Waals surface area contributed by atoms with Gasteiger partial charge in [0.05, 0.1) is 12.6 Å². The van der Waals surface area contributed by atoms with Gasteiger partial charge in [0.2, 0.25) is 0 Å². The second-order valence-corrected chi connectivity index (χ2v) is 6.34. The quantitative estimate of drug-likeness (QED) is 0.897. The van der Waals surface area contributed by atoms with Gasteiger partial charge >= 0.3 is 0 Å². The van der Waals surface area contributed by atoms with Crippen LogP contribution in [0.25, 0.3) is 0 Å². The van der Waals surface area contributed by atoms with Gasteiger partial charge in [0.1, 0.15) is 0 Å². The average Bonchev–Trinajstić information content (AvgIpc) is 2.80. The van der Waals surface area contributed by atoms with Gasteiger partial charge in [-0.1, -0.05) is 45.8 Å². The lowest BCUT2D eigenvalue weighted by atomic mass is 9.98. The van der Waals surface area contributed by atoms with Gasteiger partial charge in [-0.25, -0.2) is 0 Å². The van der Waals surface area contributed by atoms with Crippen LogP contribution >= 0.6 is 15.9 Å². The first-order chi connectivity index (χ1) is 10.1. The van der Waals surface area contributed by atoms with Crippen molar-refractivity contribution in [1.29, 1.82) is 0 Å². The number of nitrogens with zero attached hydrogens (tertiary/aromatic N) is 2. The van der Waals surface area contributed by atoms with Crippen LogP contribution in [0.1, 0.15) is 22.7 Å². The molecule has 0 spiro atoms. The lowest BCUT2D eigenvalue weighted by Gasteiger charge is -2.28. The number of anilines is 1. The van der Waals surface area contributed by atoms with E-state index in [9.17, 15) is 0 Å². The van der Waals surface area contributed by atoms with Gasteiger partial charge in [-0.3, -0.25) is 4.99 Å². The summed E-state index contributed by atoms with van der Waals surface area (Å²) in [5.41, 5.74) is 11.0. The van der Waals surface area contributed by atoms with E-state index in [-0.39, 0.29) is 6.04 Å². The van der Waals surface area contributed by atoms with Crippen molar-refractivity contribution in [3.8, 4) is 0 Å². The molecule has 0 amide bonds. The summed E-state index contributed by atoms with van der Waals surface area (Å²) < 4.78 is 1.04. The molecule has 0 bridgehead atoms. The van der Waals surface area contributed by atoms with E-state index in [2.05, 4.69) is 70.0 Å². The molecule has 0 saturated heterocycles. The fraction of sp³-hybridized carbons (Fsp3) is 0.235. The molecule has 0 aromatic heterocycles. The number of benzene rings is 2. The van der Waals surface area contributed by atoms with Crippen molar-refractivity contribution in [3.63, 3.8) is 0 Å². The number of guanidine groups is 1. The van der Waals surface area contributed by atoms with Crippen LogP contribution in [0, 0.1) is 13.8 Å². The lowest BCUT2D eigenvalue weighted by Crippen LogP contribution is -2.36. The Labute approximate surface area is 133 Å². The first-order valence-corrected chi connectivity index (χ1v) is 7.77. The third kappa shape index (κ3) is 2.68. The molecule has 108 valence electrons. The molecule has 0 saturated carbocycles. The van der Waals surface area contributed by atoms with Crippen LogP contribution in [-0.2, 0) is 0 Å². The molecule has 3 rings (SSSR count). The number of aliphatic imine (C=N–C) groups is 1. The largest absolute Gasteiger partial charge is 0.369 e. The number of nitrogens with two attached hydrogens (primary N) is 1. The van der Waals surface area contributed by atoms with Crippen molar-refractivity contribution in [1.82, 2.24) is 0 Å². The Morgan fingerprint density at radius 2 is 2.00 bits per heavy atom. The molecule has 2 aromatic carbocycles. The monoisotopic (exact) mass is 343 g/mol. The number of rotatable bonds is 2. The maximum absolute atomic E-state index is 6.13. The molecule has 3 nitrogen and oxygen atoms in total. The van der Waals surface area contributed by atoms with E-state index in [4.69, 9.17) is 5.73 Å². The molecule has 1 atom stereocenters. The second kappa shape index (κ2) is 5.53. The molecule has 1 aliphatic heterocycles. The highest BCUT2D eigenvalue weighted by Gasteiger charge is 2.29. The summed E-state index contributed by atoms with van der Waals surface area (Å²) in [5, 5.41) is 0. The zero-order valence-electron chi connectivity index (χ0n) is 12.2. The minimum Gasteiger partial charge on any atom is -0.369 e.